The topological polar surface area (TPSA) is 17.1 Å². The van der Waals surface area contributed by atoms with Gasteiger partial charge in [-0.05, 0) is 19.3 Å². The van der Waals surface area contributed by atoms with Gasteiger partial charge < -0.3 is 0 Å². The van der Waals surface area contributed by atoms with Gasteiger partial charge in [0.25, 0.3) is 0 Å². The first-order valence-electron chi connectivity index (χ1n) is 18.7. The predicted octanol–water partition coefficient (Wildman–Crippen LogP) is 16.1. The van der Waals surface area contributed by atoms with Crippen LogP contribution in [0.25, 0.3) is 0 Å². The van der Waals surface area contributed by atoms with Crippen molar-refractivity contribution in [2.75, 3.05) is 17.3 Å². The van der Waals surface area contributed by atoms with E-state index >= 15 is 0 Å². The lowest BCUT2D eigenvalue weighted by Crippen LogP contribution is -1.86. The molecule has 0 radical (unpaired) electrons. The van der Waals surface area contributed by atoms with E-state index in [4.69, 9.17) is 0 Å². The second-order valence-corrected chi connectivity index (χ2v) is 24.4. The smallest absolute Gasteiger partial charge is 0.243 e. The van der Waals surface area contributed by atoms with E-state index in [-0.39, 0.29) is 0 Å². The van der Waals surface area contributed by atoms with Crippen LogP contribution in [0.15, 0.2) is 0 Å². The molecule has 0 atom stereocenters. The highest BCUT2D eigenvalue weighted by Crippen LogP contribution is 2.78. The van der Waals surface area contributed by atoms with Crippen LogP contribution in [0.5, 0.6) is 0 Å². The van der Waals surface area contributed by atoms with E-state index in [0.717, 1.165) is 17.3 Å². The average molecular weight is 651 g/mol. The van der Waals surface area contributed by atoms with Crippen LogP contribution in [0.4, 0.5) is 0 Å². The third-order valence-electron chi connectivity index (χ3n) is 8.24. The molecule has 0 amide bonds. The van der Waals surface area contributed by atoms with Crippen LogP contribution in [0.2, 0.25) is 0 Å². The molecule has 0 aromatic rings. The molecule has 0 heterocycles. The van der Waals surface area contributed by atoms with Gasteiger partial charge in [-0.2, -0.15) is 0 Å². The molecular formula is C36H75OPS3. The minimum atomic E-state index is -2.20. The van der Waals surface area contributed by atoms with E-state index in [9.17, 15) is 4.57 Å². The van der Waals surface area contributed by atoms with Gasteiger partial charge >= 0.3 is 0 Å². The largest absolute Gasteiger partial charge is 0.289 e. The molecule has 0 aliphatic rings. The van der Waals surface area contributed by atoms with Gasteiger partial charge in [0.2, 0.25) is 4.75 Å². The van der Waals surface area contributed by atoms with Gasteiger partial charge in [0.15, 0.2) is 0 Å². The van der Waals surface area contributed by atoms with Gasteiger partial charge in [0.05, 0.1) is 0 Å². The zero-order valence-corrected chi connectivity index (χ0v) is 31.8. The van der Waals surface area contributed by atoms with E-state index in [1.165, 1.54) is 193 Å². The summed E-state index contributed by atoms with van der Waals surface area (Å²) in [6.07, 6.45) is 41.4. The van der Waals surface area contributed by atoms with Gasteiger partial charge in [0.1, 0.15) is 0 Å². The highest BCUT2D eigenvalue weighted by atomic mass is 33.4. The fraction of sp³-hybridized carbons (Fsp3) is 1.00. The molecule has 0 bridgehead atoms. The third-order valence-corrected chi connectivity index (χ3v) is 20.8. The van der Waals surface area contributed by atoms with E-state index < -0.39 is 4.75 Å². The molecule has 0 fully saturated rings. The predicted molar refractivity (Wildman–Crippen MR) is 201 cm³/mol. The standard InChI is InChI=1S/C36H75OPS3/c1-4-7-10-13-16-19-22-25-28-31-34-39-38(37,40-35-32-29-26-23-20-17-14-11-8-5-2)41-36-33-30-27-24-21-18-15-12-9-6-3/h4-36H2,1-3H3. The van der Waals surface area contributed by atoms with Gasteiger partial charge in [-0.1, -0.05) is 228 Å². The molecule has 0 saturated carbocycles. The summed E-state index contributed by atoms with van der Waals surface area (Å²) >= 11 is 5.54. The molecule has 0 N–H and O–H groups in total. The molecule has 41 heavy (non-hydrogen) atoms. The number of hydrogen-bond acceptors (Lipinski definition) is 4. The minimum Gasteiger partial charge on any atom is -0.289 e. The summed E-state index contributed by atoms with van der Waals surface area (Å²) in [5.41, 5.74) is 0. The number of unbranched alkanes of at least 4 members (excludes halogenated alkanes) is 27. The van der Waals surface area contributed by atoms with Crippen molar-refractivity contribution in [3.8, 4) is 0 Å². The Morgan fingerprint density at radius 1 is 0.293 bits per heavy atom. The summed E-state index contributed by atoms with van der Waals surface area (Å²) in [6.45, 7) is 6.89. The van der Waals surface area contributed by atoms with Gasteiger partial charge in [0, 0.05) is 17.3 Å². The molecular weight excluding hydrogens is 576 g/mol. The van der Waals surface area contributed by atoms with Gasteiger partial charge in [-0.15, -0.1) is 0 Å². The first kappa shape index (κ1) is 42.3. The van der Waals surface area contributed by atoms with Crippen molar-refractivity contribution in [2.45, 2.75) is 213 Å². The molecule has 0 spiro atoms. The Hall–Kier alpha value is 1.28. The van der Waals surface area contributed by atoms with Crippen LogP contribution in [-0.4, -0.2) is 17.3 Å². The summed E-state index contributed by atoms with van der Waals surface area (Å²) in [6, 6.07) is 0. The molecule has 0 aliphatic heterocycles. The summed E-state index contributed by atoms with van der Waals surface area (Å²) in [5.74, 6) is 3.30. The fourth-order valence-corrected chi connectivity index (χ4v) is 17.2. The van der Waals surface area contributed by atoms with Crippen molar-refractivity contribution in [2.24, 2.45) is 0 Å². The summed E-state index contributed by atoms with van der Waals surface area (Å²) in [5, 5.41) is 0. The van der Waals surface area contributed by atoms with Crippen LogP contribution in [0.3, 0.4) is 0 Å². The van der Waals surface area contributed by atoms with E-state index in [1.54, 1.807) is 0 Å². The average Bonchev–Trinajstić information content (AvgIpc) is 2.97. The van der Waals surface area contributed by atoms with Crippen molar-refractivity contribution in [3.05, 3.63) is 0 Å². The molecule has 0 rings (SSSR count). The third kappa shape index (κ3) is 34.0. The zero-order chi connectivity index (χ0) is 30.0. The Morgan fingerprint density at radius 2 is 0.463 bits per heavy atom. The number of rotatable bonds is 36. The Bertz CT molecular complexity index is 460. The molecule has 0 aromatic heterocycles. The zero-order valence-electron chi connectivity index (χ0n) is 28.4. The first-order chi connectivity index (χ1) is 20.2. The second-order valence-electron chi connectivity index (χ2n) is 12.5. The SMILES string of the molecule is CCCCCCCCCCCCSP(=O)(SCCCCCCCCCCCC)SCCCCCCCCCCCC. The molecule has 248 valence electrons. The Kier molecular flexibility index (Phi) is 36.9. The fourth-order valence-electron chi connectivity index (χ4n) is 5.41. The molecule has 0 saturated heterocycles. The normalized spacial score (nSPS) is 12.0. The van der Waals surface area contributed by atoms with E-state index in [0.29, 0.717) is 0 Å². The Morgan fingerprint density at radius 3 is 0.659 bits per heavy atom. The summed E-state index contributed by atoms with van der Waals surface area (Å²) in [7, 11) is 0. The number of hydrogen-bond donors (Lipinski definition) is 0. The van der Waals surface area contributed by atoms with Crippen LogP contribution < -0.4 is 0 Å². The van der Waals surface area contributed by atoms with Crippen molar-refractivity contribution in [1.82, 2.24) is 0 Å². The lowest BCUT2D eigenvalue weighted by Gasteiger charge is -2.16. The van der Waals surface area contributed by atoms with E-state index in [2.05, 4.69) is 20.8 Å². The van der Waals surface area contributed by atoms with Crippen molar-refractivity contribution >= 4 is 38.9 Å². The van der Waals surface area contributed by atoms with Crippen LogP contribution in [-0.2, 0) is 4.57 Å². The molecule has 0 unspecified atom stereocenters. The van der Waals surface area contributed by atoms with Crippen molar-refractivity contribution < 1.29 is 4.57 Å². The second kappa shape index (κ2) is 35.8. The maximum Gasteiger partial charge on any atom is 0.243 e. The van der Waals surface area contributed by atoms with Crippen molar-refractivity contribution in [3.63, 3.8) is 0 Å². The lowest BCUT2D eigenvalue weighted by molar-refractivity contribution is 0.563. The first-order valence-corrected chi connectivity index (χ1v) is 25.2. The monoisotopic (exact) mass is 650 g/mol. The molecule has 0 aliphatic carbocycles. The highest BCUT2D eigenvalue weighted by molar-refractivity contribution is 9.14. The molecule has 5 heteroatoms. The van der Waals surface area contributed by atoms with Crippen LogP contribution in [0.1, 0.15) is 213 Å². The van der Waals surface area contributed by atoms with Gasteiger partial charge in [-0.3, -0.25) is 4.57 Å². The van der Waals surface area contributed by atoms with Crippen LogP contribution >= 0.6 is 38.9 Å². The summed E-state index contributed by atoms with van der Waals surface area (Å²) < 4.78 is 11.7. The highest BCUT2D eigenvalue weighted by Gasteiger charge is 2.23. The lowest BCUT2D eigenvalue weighted by atomic mass is 10.1. The summed E-state index contributed by atoms with van der Waals surface area (Å²) in [4.78, 5) is 0. The maximum absolute atomic E-state index is 13.9. The Labute approximate surface area is 272 Å². The Balaban J connectivity index is 4.07. The van der Waals surface area contributed by atoms with Crippen molar-refractivity contribution in [1.29, 1.82) is 0 Å². The maximum atomic E-state index is 13.9. The molecule has 1 nitrogen and oxygen atoms in total. The van der Waals surface area contributed by atoms with Gasteiger partial charge in [-0.25, -0.2) is 0 Å². The minimum absolute atomic E-state index is 1.10. The molecule has 0 aromatic carbocycles. The van der Waals surface area contributed by atoms with Crippen LogP contribution in [0, 0.1) is 0 Å². The quantitative estimate of drug-likeness (QED) is 0.0495. The van der Waals surface area contributed by atoms with E-state index in [1.807, 2.05) is 34.1 Å².